The summed E-state index contributed by atoms with van der Waals surface area (Å²) in [7, 11) is 0. The molecule has 0 spiro atoms. The molecule has 2 aromatic rings. The highest BCUT2D eigenvalue weighted by atomic mass is 16.5. The van der Waals surface area contributed by atoms with Gasteiger partial charge in [-0.1, -0.05) is 0 Å². The van der Waals surface area contributed by atoms with E-state index in [0.717, 1.165) is 63.6 Å². The molecule has 2 aromatic carbocycles. The van der Waals surface area contributed by atoms with Crippen molar-refractivity contribution in [2.75, 3.05) is 65.6 Å². The molecule has 1 heterocycles. The molecule has 0 bridgehead atoms. The molecule has 1 aliphatic rings. The van der Waals surface area contributed by atoms with Crippen LogP contribution in [0.1, 0.15) is 47.4 Å². The number of ether oxygens (including phenoxy) is 2. The first kappa shape index (κ1) is 27.5. The van der Waals surface area contributed by atoms with Crippen molar-refractivity contribution in [3.63, 3.8) is 0 Å². The number of carbonyl (C=O) groups is 2. The summed E-state index contributed by atoms with van der Waals surface area (Å²) in [6.45, 7) is 12.5. The number of nitrogens with zero attached hydrogens (tertiary/aromatic N) is 2. The van der Waals surface area contributed by atoms with Gasteiger partial charge in [0.1, 0.15) is 11.5 Å². The van der Waals surface area contributed by atoms with Crippen LogP contribution in [-0.4, -0.2) is 87.2 Å². The maximum absolute atomic E-state index is 12.3. The van der Waals surface area contributed by atoms with Crippen molar-refractivity contribution in [2.24, 2.45) is 0 Å². The number of hydrogen-bond donors (Lipinski definition) is 2. The van der Waals surface area contributed by atoms with Crippen molar-refractivity contribution in [2.45, 2.75) is 26.7 Å². The second-order valence-electron chi connectivity index (χ2n) is 8.82. The fourth-order valence-corrected chi connectivity index (χ4v) is 4.19. The van der Waals surface area contributed by atoms with Gasteiger partial charge < -0.3 is 29.9 Å². The lowest BCUT2D eigenvalue weighted by Gasteiger charge is -2.34. The number of amides is 2. The van der Waals surface area contributed by atoms with Crippen LogP contribution in [0.15, 0.2) is 48.5 Å². The zero-order valence-electron chi connectivity index (χ0n) is 21.6. The summed E-state index contributed by atoms with van der Waals surface area (Å²) in [5.74, 6) is 1.47. The first-order valence-corrected chi connectivity index (χ1v) is 13.1. The zero-order chi connectivity index (χ0) is 25.6. The van der Waals surface area contributed by atoms with E-state index in [4.69, 9.17) is 9.47 Å². The Morgan fingerprint density at radius 2 is 1.03 bits per heavy atom. The Morgan fingerprint density at radius 1 is 0.667 bits per heavy atom. The van der Waals surface area contributed by atoms with Crippen molar-refractivity contribution in [3.8, 4) is 11.5 Å². The second kappa shape index (κ2) is 15.1. The van der Waals surface area contributed by atoms with Gasteiger partial charge in [0.15, 0.2) is 0 Å². The Hall–Kier alpha value is -3.10. The summed E-state index contributed by atoms with van der Waals surface area (Å²) in [6, 6.07) is 14.5. The number of benzene rings is 2. The lowest BCUT2D eigenvalue weighted by Crippen LogP contribution is -2.47. The summed E-state index contributed by atoms with van der Waals surface area (Å²) in [6.07, 6.45) is 1.86. The van der Waals surface area contributed by atoms with E-state index in [-0.39, 0.29) is 11.8 Å². The highest BCUT2D eigenvalue weighted by Gasteiger charge is 2.16. The van der Waals surface area contributed by atoms with Crippen LogP contribution in [0.3, 0.4) is 0 Å². The molecule has 0 radical (unpaired) electrons. The third kappa shape index (κ3) is 9.17. The van der Waals surface area contributed by atoms with E-state index < -0.39 is 0 Å². The first-order valence-electron chi connectivity index (χ1n) is 13.1. The molecule has 3 rings (SSSR count). The molecule has 36 heavy (non-hydrogen) atoms. The van der Waals surface area contributed by atoms with Crippen LogP contribution in [-0.2, 0) is 0 Å². The molecular weight excluding hydrogens is 456 g/mol. The van der Waals surface area contributed by atoms with Crippen LogP contribution >= 0.6 is 0 Å². The van der Waals surface area contributed by atoms with Gasteiger partial charge >= 0.3 is 0 Å². The molecule has 1 fully saturated rings. The standard InChI is InChI=1S/C28H40N4O4/c1-3-35-25-11-7-23(8-12-25)27(33)29-15-5-17-31-19-21-32(22-20-31)18-6-16-30-28(34)24-9-13-26(14-10-24)36-4-2/h7-14H,3-6,15-22H2,1-2H3,(H,29,33)(H,30,34). The molecule has 0 aliphatic carbocycles. The third-order valence-corrected chi connectivity index (χ3v) is 6.19. The molecule has 1 aliphatic heterocycles. The van der Waals surface area contributed by atoms with Gasteiger partial charge in [-0.15, -0.1) is 0 Å². The van der Waals surface area contributed by atoms with Crippen molar-refractivity contribution in [1.82, 2.24) is 20.4 Å². The normalized spacial score (nSPS) is 14.3. The smallest absolute Gasteiger partial charge is 0.251 e. The Kier molecular flexibility index (Phi) is 11.5. The van der Waals surface area contributed by atoms with Crippen LogP contribution in [0.5, 0.6) is 11.5 Å². The minimum absolute atomic E-state index is 0.0440. The SMILES string of the molecule is CCOc1ccc(C(=O)NCCCN2CCN(CCCNC(=O)c3ccc(OCC)cc3)CC2)cc1. The first-order chi connectivity index (χ1) is 17.6. The van der Waals surface area contributed by atoms with Crippen molar-refractivity contribution in [1.29, 1.82) is 0 Å². The molecule has 0 atom stereocenters. The zero-order valence-corrected chi connectivity index (χ0v) is 21.6. The van der Waals surface area contributed by atoms with Gasteiger partial charge in [-0.25, -0.2) is 0 Å². The topological polar surface area (TPSA) is 83.1 Å². The summed E-state index contributed by atoms with van der Waals surface area (Å²) in [4.78, 5) is 29.5. The second-order valence-corrected chi connectivity index (χ2v) is 8.82. The fraction of sp³-hybridized carbons (Fsp3) is 0.500. The molecule has 0 unspecified atom stereocenters. The fourth-order valence-electron chi connectivity index (χ4n) is 4.19. The van der Waals surface area contributed by atoms with Gasteiger partial charge in [0.25, 0.3) is 11.8 Å². The molecule has 0 saturated carbocycles. The molecule has 8 nitrogen and oxygen atoms in total. The highest BCUT2D eigenvalue weighted by molar-refractivity contribution is 5.94. The predicted octanol–water partition coefficient (Wildman–Crippen LogP) is 3.04. The lowest BCUT2D eigenvalue weighted by atomic mass is 10.2. The van der Waals surface area contributed by atoms with Crippen molar-refractivity contribution in [3.05, 3.63) is 59.7 Å². The van der Waals surface area contributed by atoms with Crippen LogP contribution in [0, 0.1) is 0 Å². The summed E-state index contributed by atoms with van der Waals surface area (Å²) >= 11 is 0. The van der Waals surface area contributed by atoms with Crippen LogP contribution < -0.4 is 20.1 Å². The molecule has 2 amide bonds. The quantitative estimate of drug-likeness (QED) is 0.391. The molecule has 8 heteroatoms. The van der Waals surface area contributed by atoms with E-state index in [2.05, 4.69) is 20.4 Å². The average Bonchev–Trinajstić information content (AvgIpc) is 2.91. The molecular formula is C28H40N4O4. The van der Waals surface area contributed by atoms with Crippen molar-refractivity contribution >= 4 is 11.8 Å². The van der Waals surface area contributed by atoms with Crippen LogP contribution in [0.25, 0.3) is 0 Å². The highest BCUT2D eigenvalue weighted by Crippen LogP contribution is 2.13. The van der Waals surface area contributed by atoms with E-state index in [1.807, 2.05) is 38.1 Å². The molecule has 196 valence electrons. The van der Waals surface area contributed by atoms with Gasteiger partial charge in [0.2, 0.25) is 0 Å². The van der Waals surface area contributed by atoms with E-state index >= 15 is 0 Å². The largest absolute Gasteiger partial charge is 0.494 e. The van der Waals surface area contributed by atoms with Gasteiger partial charge in [-0.3, -0.25) is 9.59 Å². The Balaban J connectivity index is 1.22. The average molecular weight is 497 g/mol. The van der Waals surface area contributed by atoms with Gasteiger partial charge in [0, 0.05) is 50.4 Å². The predicted molar refractivity (Wildman–Crippen MR) is 142 cm³/mol. The summed E-state index contributed by atoms with van der Waals surface area (Å²) < 4.78 is 10.8. The minimum Gasteiger partial charge on any atom is -0.494 e. The Labute approximate surface area is 214 Å². The third-order valence-electron chi connectivity index (χ3n) is 6.19. The number of piperazine rings is 1. The number of rotatable bonds is 14. The monoisotopic (exact) mass is 496 g/mol. The number of carbonyl (C=O) groups excluding carboxylic acids is 2. The summed E-state index contributed by atoms with van der Waals surface area (Å²) in [5, 5.41) is 6.01. The van der Waals surface area contributed by atoms with Crippen LogP contribution in [0.2, 0.25) is 0 Å². The maximum Gasteiger partial charge on any atom is 0.251 e. The number of nitrogens with one attached hydrogen (secondary N) is 2. The van der Waals surface area contributed by atoms with E-state index in [1.54, 1.807) is 24.3 Å². The van der Waals surface area contributed by atoms with E-state index in [1.165, 1.54) is 0 Å². The maximum atomic E-state index is 12.3. The Bertz CT molecular complexity index is 848. The minimum atomic E-state index is -0.0440. The van der Waals surface area contributed by atoms with Crippen LogP contribution in [0.4, 0.5) is 0 Å². The summed E-state index contributed by atoms with van der Waals surface area (Å²) in [5.41, 5.74) is 1.31. The van der Waals surface area contributed by atoms with Gasteiger partial charge in [0.05, 0.1) is 13.2 Å². The number of hydrogen-bond acceptors (Lipinski definition) is 6. The van der Waals surface area contributed by atoms with E-state index in [9.17, 15) is 9.59 Å². The van der Waals surface area contributed by atoms with Crippen molar-refractivity contribution < 1.29 is 19.1 Å². The van der Waals surface area contributed by atoms with Gasteiger partial charge in [-0.2, -0.15) is 0 Å². The molecule has 2 N–H and O–H groups in total. The molecule has 1 saturated heterocycles. The van der Waals surface area contributed by atoms with E-state index in [0.29, 0.717) is 37.4 Å². The van der Waals surface area contributed by atoms with Gasteiger partial charge in [-0.05, 0) is 88.3 Å². The lowest BCUT2D eigenvalue weighted by molar-refractivity contribution is 0.0934. The Morgan fingerprint density at radius 3 is 1.36 bits per heavy atom. The molecule has 0 aromatic heterocycles.